The number of halogens is 2. The van der Waals surface area contributed by atoms with E-state index in [-0.39, 0.29) is 5.82 Å². The predicted octanol–water partition coefficient (Wildman–Crippen LogP) is 4.98. The molecule has 0 fully saturated rings. The van der Waals surface area contributed by atoms with E-state index in [4.69, 9.17) is 0 Å². The highest BCUT2D eigenvalue weighted by Crippen LogP contribution is 2.28. The minimum atomic E-state index is -0.215. The van der Waals surface area contributed by atoms with Crippen molar-refractivity contribution in [2.45, 2.75) is 17.8 Å². The molecule has 2 aromatic carbocycles. The minimum absolute atomic E-state index is 0.215. The normalized spacial score (nSPS) is 11.0. The van der Waals surface area contributed by atoms with E-state index in [1.54, 1.807) is 6.07 Å². The van der Waals surface area contributed by atoms with Gasteiger partial charge in [0.2, 0.25) is 0 Å². The number of hydrogen-bond acceptors (Lipinski definition) is 3. The van der Waals surface area contributed by atoms with Crippen molar-refractivity contribution in [2.24, 2.45) is 7.05 Å². The lowest BCUT2D eigenvalue weighted by molar-refractivity contribution is 0.616. The second-order valence-electron chi connectivity index (χ2n) is 5.20. The molecule has 0 aliphatic heterocycles. The van der Waals surface area contributed by atoms with Crippen LogP contribution in [0.15, 0.2) is 52.1 Å². The molecule has 23 heavy (non-hydrogen) atoms. The SMILES string of the molecule is Cc1ccccc1-c1nnc(SCc2ccc(Br)cc2F)n1C. The van der Waals surface area contributed by atoms with Crippen molar-refractivity contribution < 1.29 is 4.39 Å². The number of benzene rings is 2. The molecule has 0 amide bonds. The average molecular weight is 392 g/mol. The van der Waals surface area contributed by atoms with Crippen molar-refractivity contribution >= 4 is 27.7 Å². The summed E-state index contributed by atoms with van der Waals surface area (Å²) in [7, 11) is 1.93. The Balaban J connectivity index is 1.81. The molecule has 0 radical (unpaired) electrons. The van der Waals surface area contributed by atoms with Gasteiger partial charge in [0.05, 0.1) is 0 Å². The molecular formula is C17H15BrFN3S. The van der Waals surface area contributed by atoms with Gasteiger partial charge < -0.3 is 4.57 Å². The van der Waals surface area contributed by atoms with Crippen LogP contribution in [0.2, 0.25) is 0 Å². The minimum Gasteiger partial charge on any atom is -0.305 e. The van der Waals surface area contributed by atoms with Crippen molar-refractivity contribution in [1.29, 1.82) is 0 Å². The number of rotatable bonds is 4. The molecule has 0 aliphatic rings. The molecule has 0 N–H and O–H groups in total. The van der Waals surface area contributed by atoms with Gasteiger partial charge in [0.25, 0.3) is 0 Å². The second kappa shape index (κ2) is 6.84. The summed E-state index contributed by atoms with van der Waals surface area (Å²) >= 11 is 4.74. The van der Waals surface area contributed by atoms with E-state index in [9.17, 15) is 4.39 Å². The van der Waals surface area contributed by atoms with Gasteiger partial charge in [-0.1, -0.05) is 58.0 Å². The van der Waals surface area contributed by atoms with E-state index in [1.807, 2.05) is 48.9 Å². The molecule has 1 aromatic heterocycles. The largest absolute Gasteiger partial charge is 0.305 e. The van der Waals surface area contributed by atoms with Gasteiger partial charge in [0, 0.05) is 22.8 Å². The maximum atomic E-state index is 13.9. The topological polar surface area (TPSA) is 30.7 Å². The molecule has 0 unspecified atom stereocenters. The van der Waals surface area contributed by atoms with Crippen LogP contribution in [0.5, 0.6) is 0 Å². The summed E-state index contributed by atoms with van der Waals surface area (Å²) in [4.78, 5) is 0. The number of thioether (sulfide) groups is 1. The zero-order chi connectivity index (χ0) is 16.4. The quantitative estimate of drug-likeness (QED) is 0.587. The van der Waals surface area contributed by atoms with E-state index in [0.717, 1.165) is 26.6 Å². The van der Waals surface area contributed by atoms with Crippen LogP contribution in [-0.2, 0) is 12.8 Å². The Bertz CT molecular complexity index is 848. The maximum absolute atomic E-state index is 13.9. The predicted molar refractivity (Wildman–Crippen MR) is 94.8 cm³/mol. The fraction of sp³-hybridized carbons (Fsp3) is 0.176. The van der Waals surface area contributed by atoms with Crippen LogP contribution in [0.3, 0.4) is 0 Å². The number of aryl methyl sites for hydroxylation is 1. The zero-order valence-corrected chi connectivity index (χ0v) is 15.2. The van der Waals surface area contributed by atoms with Crippen LogP contribution in [0, 0.1) is 12.7 Å². The molecule has 6 heteroatoms. The molecule has 0 aliphatic carbocycles. The standard InChI is InChI=1S/C17H15BrFN3S/c1-11-5-3-4-6-14(11)16-20-21-17(22(16)2)23-10-12-7-8-13(18)9-15(12)19/h3-9H,10H2,1-2H3. The first-order valence-corrected chi connectivity index (χ1v) is 8.86. The first-order valence-electron chi connectivity index (χ1n) is 7.08. The van der Waals surface area contributed by atoms with Gasteiger partial charge in [-0.05, 0) is 30.2 Å². The smallest absolute Gasteiger partial charge is 0.191 e. The summed E-state index contributed by atoms with van der Waals surface area (Å²) < 4.78 is 16.6. The molecule has 0 saturated heterocycles. The van der Waals surface area contributed by atoms with Gasteiger partial charge in [-0.2, -0.15) is 0 Å². The summed E-state index contributed by atoms with van der Waals surface area (Å²) in [5, 5.41) is 9.30. The number of hydrogen-bond donors (Lipinski definition) is 0. The Morgan fingerprint density at radius 1 is 1.17 bits per heavy atom. The molecular weight excluding hydrogens is 377 g/mol. The van der Waals surface area contributed by atoms with Crippen molar-refractivity contribution in [1.82, 2.24) is 14.8 Å². The molecule has 3 rings (SSSR count). The third-order valence-corrected chi connectivity index (χ3v) is 5.16. The van der Waals surface area contributed by atoms with E-state index < -0.39 is 0 Å². The van der Waals surface area contributed by atoms with Gasteiger partial charge in [0.1, 0.15) is 5.82 Å². The van der Waals surface area contributed by atoms with Crippen LogP contribution < -0.4 is 0 Å². The highest BCUT2D eigenvalue weighted by molar-refractivity contribution is 9.10. The van der Waals surface area contributed by atoms with Gasteiger partial charge >= 0.3 is 0 Å². The molecule has 0 atom stereocenters. The Morgan fingerprint density at radius 2 is 1.96 bits per heavy atom. The molecule has 0 saturated carbocycles. The van der Waals surface area contributed by atoms with Crippen LogP contribution in [0.4, 0.5) is 4.39 Å². The van der Waals surface area contributed by atoms with Gasteiger partial charge in [-0.25, -0.2) is 4.39 Å². The monoisotopic (exact) mass is 391 g/mol. The summed E-state index contributed by atoms with van der Waals surface area (Å²) in [5.74, 6) is 1.12. The maximum Gasteiger partial charge on any atom is 0.191 e. The second-order valence-corrected chi connectivity index (χ2v) is 7.06. The third-order valence-electron chi connectivity index (χ3n) is 3.59. The Labute approximate surface area is 147 Å². The lowest BCUT2D eigenvalue weighted by Gasteiger charge is -2.07. The van der Waals surface area contributed by atoms with E-state index >= 15 is 0 Å². The highest BCUT2D eigenvalue weighted by atomic mass is 79.9. The van der Waals surface area contributed by atoms with E-state index in [2.05, 4.69) is 26.1 Å². The van der Waals surface area contributed by atoms with E-state index in [0.29, 0.717) is 11.3 Å². The van der Waals surface area contributed by atoms with Crippen molar-refractivity contribution in [2.75, 3.05) is 0 Å². The lowest BCUT2D eigenvalue weighted by atomic mass is 10.1. The van der Waals surface area contributed by atoms with Crippen molar-refractivity contribution in [3.05, 3.63) is 63.9 Å². The number of nitrogens with zero attached hydrogens (tertiary/aromatic N) is 3. The Morgan fingerprint density at radius 3 is 2.70 bits per heavy atom. The Kier molecular flexibility index (Phi) is 4.82. The van der Waals surface area contributed by atoms with Crippen LogP contribution >= 0.6 is 27.7 Å². The highest BCUT2D eigenvalue weighted by Gasteiger charge is 2.13. The fourth-order valence-corrected chi connectivity index (χ4v) is 3.51. The lowest BCUT2D eigenvalue weighted by Crippen LogP contribution is -1.97. The third kappa shape index (κ3) is 3.48. The zero-order valence-electron chi connectivity index (χ0n) is 12.8. The van der Waals surface area contributed by atoms with Gasteiger partial charge in [-0.3, -0.25) is 0 Å². The van der Waals surface area contributed by atoms with Gasteiger partial charge in [-0.15, -0.1) is 10.2 Å². The molecule has 3 nitrogen and oxygen atoms in total. The molecule has 0 bridgehead atoms. The summed E-state index contributed by atoms with van der Waals surface area (Å²) in [6.07, 6.45) is 0. The summed E-state index contributed by atoms with van der Waals surface area (Å²) in [5.41, 5.74) is 2.86. The Hall–Kier alpha value is -1.66. The fourth-order valence-electron chi connectivity index (χ4n) is 2.28. The average Bonchev–Trinajstić information content (AvgIpc) is 2.88. The first-order chi connectivity index (χ1) is 11.1. The summed E-state index contributed by atoms with van der Waals surface area (Å²) in [6.45, 7) is 2.05. The van der Waals surface area contributed by atoms with Crippen molar-refractivity contribution in [3.8, 4) is 11.4 Å². The van der Waals surface area contributed by atoms with Crippen molar-refractivity contribution in [3.63, 3.8) is 0 Å². The van der Waals surface area contributed by atoms with Gasteiger partial charge in [0.15, 0.2) is 11.0 Å². The van der Waals surface area contributed by atoms with Crippen LogP contribution in [-0.4, -0.2) is 14.8 Å². The molecule has 1 heterocycles. The van der Waals surface area contributed by atoms with E-state index in [1.165, 1.54) is 17.8 Å². The first kappa shape index (κ1) is 16.2. The molecule has 0 spiro atoms. The summed E-state index contributed by atoms with van der Waals surface area (Å²) in [6, 6.07) is 13.2. The van der Waals surface area contributed by atoms with Crippen LogP contribution in [0.1, 0.15) is 11.1 Å². The number of aromatic nitrogens is 3. The molecule has 118 valence electrons. The molecule has 3 aromatic rings. The van der Waals surface area contributed by atoms with Crippen LogP contribution in [0.25, 0.3) is 11.4 Å².